The Morgan fingerprint density at radius 3 is 2.69 bits per heavy atom. The van der Waals surface area contributed by atoms with Gasteiger partial charge in [0.1, 0.15) is 0 Å². The fourth-order valence-corrected chi connectivity index (χ4v) is 5.05. The Labute approximate surface area is 195 Å². The number of carbonyl (C=O) groups is 3. The SMILES string of the molecule is CC(C)C(=O)Nc1cccc(N(CC2CCCC2)C(=O)Nc2ncc(SCC(=O)O)s2)c1. The van der Waals surface area contributed by atoms with Gasteiger partial charge in [0.2, 0.25) is 5.91 Å². The molecule has 1 fully saturated rings. The number of nitrogens with one attached hydrogen (secondary N) is 2. The van der Waals surface area contributed by atoms with E-state index in [1.165, 1.54) is 35.9 Å². The van der Waals surface area contributed by atoms with Crippen LogP contribution in [-0.2, 0) is 9.59 Å². The van der Waals surface area contributed by atoms with E-state index >= 15 is 0 Å². The second kappa shape index (κ2) is 11.3. The predicted octanol–water partition coefficient (Wildman–Crippen LogP) is 5.14. The Morgan fingerprint density at radius 2 is 2.00 bits per heavy atom. The number of aliphatic carboxylic acids is 1. The van der Waals surface area contributed by atoms with Crippen molar-refractivity contribution in [1.29, 1.82) is 0 Å². The Kier molecular flexibility index (Phi) is 8.52. The number of amides is 3. The van der Waals surface area contributed by atoms with Crippen molar-refractivity contribution in [2.75, 3.05) is 27.8 Å². The van der Waals surface area contributed by atoms with E-state index < -0.39 is 5.97 Å². The number of nitrogens with zero attached hydrogens (tertiary/aromatic N) is 2. The Morgan fingerprint density at radius 1 is 1.25 bits per heavy atom. The average Bonchev–Trinajstić information content (AvgIpc) is 3.42. The Hall–Kier alpha value is -2.59. The van der Waals surface area contributed by atoms with Gasteiger partial charge in [0.05, 0.1) is 16.2 Å². The molecule has 1 heterocycles. The van der Waals surface area contributed by atoms with Gasteiger partial charge in [0, 0.05) is 23.8 Å². The molecule has 3 N–H and O–H groups in total. The maximum absolute atomic E-state index is 13.2. The number of anilines is 3. The molecule has 0 unspecified atom stereocenters. The van der Waals surface area contributed by atoms with Crippen LogP contribution in [0.5, 0.6) is 0 Å². The zero-order valence-corrected chi connectivity index (χ0v) is 19.8. The van der Waals surface area contributed by atoms with Gasteiger partial charge < -0.3 is 10.4 Å². The summed E-state index contributed by atoms with van der Waals surface area (Å²) >= 11 is 2.41. The molecule has 1 aromatic carbocycles. The van der Waals surface area contributed by atoms with Crippen molar-refractivity contribution in [3.63, 3.8) is 0 Å². The molecule has 1 aliphatic rings. The normalized spacial score (nSPS) is 13.8. The first-order valence-electron chi connectivity index (χ1n) is 10.6. The highest BCUT2D eigenvalue weighted by Crippen LogP contribution is 2.31. The van der Waals surface area contributed by atoms with E-state index in [4.69, 9.17) is 5.11 Å². The van der Waals surface area contributed by atoms with Crippen LogP contribution in [0.25, 0.3) is 0 Å². The number of carboxylic acid groups (broad SMARTS) is 1. The van der Waals surface area contributed by atoms with Crippen LogP contribution in [0.4, 0.5) is 21.3 Å². The number of urea groups is 1. The van der Waals surface area contributed by atoms with E-state index in [9.17, 15) is 14.4 Å². The molecule has 0 atom stereocenters. The number of carbonyl (C=O) groups excluding carboxylic acids is 2. The summed E-state index contributed by atoms with van der Waals surface area (Å²) in [6, 6.07) is 7.00. The molecule has 0 bridgehead atoms. The second-order valence-corrected chi connectivity index (χ2v) is 10.4. The fourth-order valence-electron chi connectivity index (χ4n) is 3.47. The van der Waals surface area contributed by atoms with Crippen molar-refractivity contribution < 1.29 is 19.5 Å². The quantitative estimate of drug-likeness (QED) is 0.432. The van der Waals surface area contributed by atoms with Crippen LogP contribution in [0.3, 0.4) is 0 Å². The summed E-state index contributed by atoms with van der Waals surface area (Å²) < 4.78 is 0.725. The topological polar surface area (TPSA) is 112 Å². The highest BCUT2D eigenvalue weighted by atomic mass is 32.2. The van der Waals surface area contributed by atoms with Crippen molar-refractivity contribution in [3.05, 3.63) is 30.5 Å². The number of thiazole rings is 1. The molecule has 0 aliphatic heterocycles. The minimum absolute atomic E-state index is 0.0573. The lowest BCUT2D eigenvalue weighted by Crippen LogP contribution is -2.38. The van der Waals surface area contributed by atoms with Gasteiger partial charge in [-0.3, -0.25) is 19.8 Å². The molecule has 0 radical (unpaired) electrons. The van der Waals surface area contributed by atoms with E-state index in [2.05, 4.69) is 15.6 Å². The highest BCUT2D eigenvalue weighted by molar-refractivity contribution is 8.01. The zero-order valence-electron chi connectivity index (χ0n) is 18.2. The van der Waals surface area contributed by atoms with Gasteiger partial charge in [-0.2, -0.15) is 0 Å². The summed E-state index contributed by atoms with van der Waals surface area (Å²) in [6.45, 7) is 4.24. The van der Waals surface area contributed by atoms with Gasteiger partial charge in [-0.1, -0.05) is 44.1 Å². The van der Waals surface area contributed by atoms with Crippen LogP contribution in [0.2, 0.25) is 0 Å². The third kappa shape index (κ3) is 6.96. The molecule has 32 heavy (non-hydrogen) atoms. The lowest BCUT2D eigenvalue weighted by molar-refractivity contribution is -0.133. The average molecular weight is 477 g/mol. The summed E-state index contributed by atoms with van der Waals surface area (Å²) in [7, 11) is 0. The van der Waals surface area contributed by atoms with E-state index in [1.807, 2.05) is 38.1 Å². The van der Waals surface area contributed by atoms with Crippen LogP contribution in [0, 0.1) is 11.8 Å². The van der Waals surface area contributed by atoms with E-state index in [0.717, 1.165) is 17.1 Å². The second-order valence-electron chi connectivity index (χ2n) is 8.05. The third-order valence-electron chi connectivity index (χ3n) is 5.15. The molecule has 1 aromatic heterocycles. The maximum Gasteiger partial charge on any atom is 0.328 e. The first kappa shape index (κ1) is 24.1. The summed E-state index contributed by atoms with van der Waals surface area (Å²) in [5.74, 6) is -0.760. The van der Waals surface area contributed by atoms with Gasteiger partial charge in [-0.25, -0.2) is 9.78 Å². The molecule has 8 nitrogen and oxygen atoms in total. The smallest absolute Gasteiger partial charge is 0.328 e. The minimum Gasteiger partial charge on any atom is -0.481 e. The number of rotatable bonds is 9. The number of carboxylic acids is 1. The first-order valence-corrected chi connectivity index (χ1v) is 12.4. The van der Waals surface area contributed by atoms with Crippen LogP contribution in [0.1, 0.15) is 39.5 Å². The largest absolute Gasteiger partial charge is 0.481 e. The van der Waals surface area contributed by atoms with E-state index in [0.29, 0.717) is 29.0 Å². The zero-order chi connectivity index (χ0) is 23.1. The number of aromatic nitrogens is 1. The van der Waals surface area contributed by atoms with E-state index in [1.54, 1.807) is 11.1 Å². The lowest BCUT2D eigenvalue weighted by atomic mass is 10.1. The lowest BCUT2D eigenvalue weighted by Gasteiger charge is -2.26. The van der Waals surface area contributed by atoms with E-state index in [-0.39, 0.29) is 23.6 Å². The van der Waals surface area contributed by atoms with Gasteiger partial charge in [-0.15, -0.1) is 11.8 Å². The molecular formula is C22H28N4O4S2. The molecule has 10 heteroatoms. The van der Waals surface area contributed by atoms with Crippen molar-refractivity contribution in [1.82, 2.24) is 4.98 Å². The van der Waals surface area contributed by atoms with Crippen LogP contribution in [-0.4, -0.2) is 40.3 Å². The van der Waals surface area contributed by atoms with Gasteiger partial charge in [0.15, 0.2) is 5.13 Å². The number of hydrogen-bond acceptors (Lipinski definition) is 6. The first-order chi connectivity index (χ1) is 15.3. The van der Waals surface area contributed by atoms with Gasteiger partial charge in [0.25, 0.3) is 0 Å². The molecular weight excluding hydrogens is 448 g/mol. The van der Waals surface area contributed by atoms with Crippen molar-refractivity contribution in [3.8, 4) is 0 Å². The summed E-state index contributed by atoms with van der Waals surface area (Å²) in [6.07, 6.45) is 6.07. The standard InChI is InChI=1S/C22H28N4O4S2/c1-14(2)20(29)24-16-8-5-9-17(10-16)26(12-15-6-3-4-7-15)22(30)25-21-23-11-19(32-21)31-13-18(27)28/h5,8-11,14-15H,3-4,6-7,12-13H2,1-2H3,(H,24,29)(H,27,28)(H,23,25,30). The van der Waals surface area contributed by atoms with Crippen LogP contribution >= 0.6 is 23.1 Å². The molecule has 2 aromatic rings. The molecule has 3 amide bonds. The molecule has 3 rings (SSSR count). The molecule has 0 spiro atoms. The summed E-state index contributed by atoms with van der Waals surface area (Å²) in [5, 5.41) is 15.0. The highest BCUT2D eigenvalue weighted by Gasteiger charge is 2.24. The number of hydrogen-bond donors (Lipinski definition) is 3. The van der Waals surface area contributed by atoms with Crippen LogP contribution in [0.15, 0.2) is 34.7 Å². The Balaban J connectivity index is 1.76. The summed E-state index contributed by atoms with van der Waals surface area (Å²) in [5.41, 5.74) is 1.35. The van der Waals surface area contributed by atoms with Crippen LogP contribution < -0.4 is 15.5 Å². The van der Waals surface area contributed by atoms with Gasteiger partial charge >= 0.3 is 12.0 Å². The van der Waals surface area contributed by atoms with Crippen molar-refractivity contribution >= 4 is 57.5 Å². The fraction of sp³-hybridized carbons (Fsp3) is 0.455. The Bertz CT molecular complexity index is 957. The molecule has 1 saturated carbocycles. The number of thioether (sulfide) groups is 1. The molecule has 172 valence electrons. The predicted molar refractivity (Wildman–Crippen MR) is 129 cm³/mol. The van der Waals surface area contributed by atoms with Crippen molar-refractivity contribution in [2.24, 2.45) is 11.8 Å². The summed E-state index contributed by atoms with van der Waals surface area (Å²) in [4.78, 5) is 42.0. The molecule has 1 aliphatic carbocycles. The molecule has 0 saturated heterocycles. The van der Waals surface area contributed by atoms with Gasteiger partial charge in [-0.05, 0) is 37.0 Å². The number of benzene rings is 1. The monoisotopic (exact) mass is 476 g/mol. The van der Waals surface area contributed by atoms with Crippen molar-refractivity contribution in [2.45, 2.75) is 43.7 Å². The minimum atomic E-state index is -0.902. The maximum atomic E-state index is 13.2. The third-order valence-corrected chi connectivity index (χ3v) is 7.24.